The van der Waals surface area contributed by atoms with Gasteiger partial charge in [-0.15, -0.1) is 0 Å². The summed E-state index contributed by atoms with van der Waals surface area (Å²) in [5, 5.41) is 2.96. The Morgan fingerprint density at radius 2 is 1.97 bits per heavy atom. The van der Waals surface area contributed by atoms with Gasteiger partial charge >= 0.3 is 0 Å². The van der Waals surface area contributed by atoms with Crippen LogP contribution in [0.1, 0.15) is 63.2 Å². The third-order valence-electron chi connectivity index (χ3n) is 6.39. The van der Waals surface area contributed by atoms with Crippen LogP contribution in [0.2, 0.25) is 0 Å². The topological polar surface area (TPSA) is 84.7 Å². The Labute approximate surface area is 174 Å². The Morgan fingerprint density at radius 1 is 1.24 bits per heavy atom. The van der Waals surface area contributed by atoms with Crippen LogP contribution in [-0.4, -0.2) is 37.6 Å². The molecule has 0 unspecified atom stereocenters. The zero-order chi connectivity index (χ0) is 21.0. The Morgan fingerprint density at radius 3 is 2.62 bits per heavy atom. The van der Waals surface area contributed by atoms with E-state index in [0.29, 0.717) is 29.0 Å². The molecule has 2 amide bonds. The van der Waals surface area contributed by atoms with E-state index in [2.05, 4.69) is 31.0 Å². The molecule has 1 aromatic carbocycles. The van der Waals surface area contributed by atoms with E-state index < -0.39 is 5.91 Å². The normalized spacial score (nSPS) is 24.7. The predicted octanol–water partition coefficient (Wildman–Crippen LogP) is 3.80. The number of rotatable bonds is 7. The van der Waals surface area contributed by atoms with Crippen molar-refractivity contribution in [2.24, 2.45) is 23.5 Å². The molecule has 1 heterocycles. The van der Waals surface area contributed by atoms with Gasteiger partial charge in [-0.05, 0) is 61.6 Å². The van der Waals surface area contributed by atoms with Gasteiger partial charge in [0.2, 0.25) is 11.8 Å². The second-order valence-electron chi connectivity index (χ2n) is 9.01. The minimum atomic E-state index is -0.499. The lowest BCUT2D eigenvalue weighted by atomic mass is 9.75. The van der Waals surface area contributed by atoms with Crippen molar-refractivity contribution in [1.29, 1.82) is 0 Å². The maximum atomic E-state index is 12.7. The second-order valence-corrected chi connectivity index (χ2v) is 9.01. The molecule has 29 heavy (non-hydrogen) atoms. The van der Waals surface area contributed by atoms with Crippen LogP contribution >= 0.6 is 0 Å². The van der Waals surface area contributed by atoms with E-state index in [1.54, 1.807) is 12.1 Å². The summed E-state index contributed by atoms with van der Waals surface area (Å²) in [7, 11) is 0. The van der Waals surface area contributed by atoms with E-state index in [9.17, 15) is 9.59 Å². The van der Waals surface area contributed by atoms with Crippen molar-refractivity contribution in [3.63, 3.8) is 0 Å². The van der Waals surface area contributed by atoms with E-state index in [4.69, 9.17) is 10.5 Å². The average Bonchev–Trinajstić information content (AvgIpc) is 3.20. The zero-order valence-corrected chi connectivity index (χ0v) is 17.9. The number of hydrogen-bond donors (Lipinski definition) is 2. The van der Waals surface area contributed by atoms with Crippen molar-refractivity contribution < 1.29 is 14.3 Å². The molecule has 3 atom stereocenters. The molecule has 0 aromatic heterocycles. The van der Waals surface area contributed by atoms with Crippen molar-refractivity contribution in [2.75, 3.05) is 29.9 Å². The number of carbonyl (C=O) groups excluding carboxylic acids is 2. The number of hydrogen-bond acceptors (Lipinski definition) is 4. The summed E-state index contributed by atoms with van der Waals surface area (Å²) in [6, 6.07) is 5.27. The molecule has 160 valence electrons. The highest BCUT2D eigenvalue weighted by atomic mass is 16.5. The molecule has 1 aliphatic carbocycles. The molecule has 3 N–H and O–H groups in total. The van der Waals surface area contributed by atoms with Gasteiger partial charge in [-0.25, -0.2) is 0 Å². The maximum absolute atomic E-state index is 12.7. The van der Waals surface area contributed by atoms with Gasteiger partial charge in [0.1, 0.15) is 6.61 Å². The summed E-state index contributed by atoms with van der Waals surface area (Å²) in [5.41, 5.74) is 7.40. The fraction of sp³-hybridized carbons (Fsp3) is 0.652. The molecule has 0 bridgehead atoms. The molecule has 6 heteroatoms. The largest absolute Gasteiger partial charge is 0.370 e. The van der Waals surface area contributed by atoms with Gasteiger partial charge in [-0.3, -0.25) is 9.59 Å². The van der Waals surface area contributed by atoms with Gasteiger partial charge in [-0.2, -0.15) is 0 Å². The standard InChI is InChI=1S/C23H35N3O3/c1-15(2)18-8-6-16(3)12-21(18)29-14-22(27)25-19-13-17(23(24)28)7-9-20(19)26-10-4-5-11-26/h7,9,13,15-16,18,21H,4-6,8,10-12,14H2,1-3H3,(H2,24,28)(H,25,27)/t16-,18+,21+/m1/s1. The first-order valence-corrected chi connectivity index (χ1v) is 11.0. The van der Waals surface area contributed by atoms with Crippen LogP contribution in [0.5, 0.6) is 0 Å². The van der Waals surface area contributed by atoms with Gasteiger partial charge < -0.3 is 20.7 Å². The van der Waals surface area contributed by atoms with Crippen LogP contribution in [0, 0.1) is 17.8 Å². The van der Waals surface area contributed by atoms with Gasteiger partial charge in [0.25, 0.3) is 0 Å². The van der Waals surface area contributed by atoms with E-state index in [0.717, 1.165) is 44.5 Å². The van der Waals surface area contributed by atoms with Crippen molar-refractivity contribution in [3.8, 4) is 0 Å². The SMILES string of the molecule is CC(C)[C@@H]1CC[C@@H](C)C[C@@H]1OCC(=O)Nc1cc(C(N)=O)ccc1N1CCCC1. The Kier molecular flexibility index (Phi) is 7.17. The maximum Gasteiger partial charge on any atom is 0.250 e. The van der Waals surface area contributed by atoms with E-state index in [1.165, 1.54) is 6.42 Å². The summed E-state index contributed by atoms with van der Waals surface area (Å²) in [6.07, 6.45) is 5.78. The van der Waals surface area contributed by atoms with Crippen LogP contribution in [-0.2, 0) is 9.53 Å². The minimum Gasteiger partial charge on any atom is -0.370 e. The lowest BCUT2D eigenvalue weighted by Crippen LogP contribution is -2.36. The van der Waals surface area contributed by atoms with Gasteiger partial charge in [0.05, 0.1) is 17.5 Å². The number of amides is 2. The fourth-order valence-electron chi connectivity index (χ4n) is 4.70. The lowest BCUT2D eigenvalue weighted by molar-refractivity contribution is -0.126. The van der Waals surface area contributed by atoms with Crippen LogP contribution in [0.25, 0.3) is 0 Å². The summed E-state index contributed by atoms with van der Waals surface area (Å²) in [6.45, 7) is 8.64. The van der Waals surface area contributed by atoms with E-state index >= 15 is 0 Å². The molecule has 2 fully saturated rings. The van der Waals surface area contributed by atoms with Crippen LogP contribution in [0.3, 0.4) is 0 Å². The third-order valence-corrected chi connectivity index (χ3v) is 6.39. The van der Waals surface area contributed by atoms with Crippen molar-refractivity contribution in [1.82, 2.24) is 0 Å². The number of benzene rings is 1. The fourth-order valence-corrected chi connectivity index (χ4v) is 4.70. The average molecular weight is 402 g/mol. The molecule has 1 aromatic rings. The van der Waals surface area contributed by atoms with Crippen LogP contribution in [0.4, 0.5) is 11.4 Å². The molecule has 2 aliphatic rings. The first-order valence-electron chi connectivity index (χ1n) is 11.0. The van der Waals surface area contributed by atoms with E-state index in [-0.39, 0.29) is 18.6 Å². The minimum absolute atomic E-state index is 0.0286. The van der Waals surface area contributed by atoms with E-state index in [1.807, 2.05) is 6.07 Å². The third kappa shape index (κ3) is 5.50. The van der Waals surface area contributed by atoms with Crippen molar-refractivity contribution in [2.45, 2.75) is 59.0 Å². The molecule has 0 spiro atoms. The molecular weight excluding hydrogens is 366 g/mol. The monoisotopic (exact) mass is 401 g/mol. The van der Waals surface area contributed by atoms with Crippen LogP contribution < -0.4 is 16.0 Å². The number of primary amides is 1. The quantitative estimate of drug-likeness (QED) is 0.728. The molecule has 0 radical (unpaired) electrons. The van der Waals surface area contributed by atoms with Crippen LogP contribution in [0.15, 0.2) is 18.2 Å². The first-order chi connectivity index (χ1) is 13.8. The highest BCUT2D eigenvalue weighted by molar-refractivity contribution is 5.99. The number of anilines is 2. The summed E-state index contributed by atoms with van der Waals surface area (Å²) in [4.78, 5) is 26.5. The number of nitrogens with one attached hydrogen (secondary N) is 1. The van der Waals surface area contributed by atoms with Crippen molar-refractivity contribution >= 4 is 23.2 Å². The van der Waals surface area contributed by atoms with Gasteiger partial charge in [0, 0.05) is 18.7 Å². The number of ether oxygens (including phenoxy) is 1. The smallest absolute Gasteiger partial charge is 0.250 e. The number of carbonyl (C=O) groups is 2. The summed E-state index contributed by atoms with van der Waals surface area (Å²) < 4.78 is 6.09. The Bertz CT molecular complexity index is 728. The Hall–Kier alpha value is -2.08. The zero-order valence-electron chi connectivity index (χ0n) is 17.9. The first kappa shape index (κ1) is 21.6. The molecule has 3 rings (SSSR count). The highest BCUT2D eigenvalue weighted by Crippen LogP contribution is 2.35. The summed E-state index contributed by atoms with van der Waals surface area (Å²) in [5.74, 6) is 0.988. The lowest BCUT2D eigenvalue weighted by Gasteiger charge is -2.37. The highest BCUT2D eigenvalue weighted by Gasteiger charge is 2.31. The second kappa shape index (κ2) is 9.61. The number of nitrogens with two attached hydrogens (primary N) is 1. The molecular formula is C23H35N3O3. The predicted molar refractivity (Wildman–Crippen MR) is 116 cm³/mol. The molecule has 1 aliphatic heterocycles. The Balaban J connectivity index is 1.67. The summed E-state index contributed by atoms with van der Waals surface area (Å²) >= 11 is 0. The molecule has 1 saturated carbocycles. The number of nitrogens with zero attached hydrogens (tertiary/aromatic N) is 1. The van der Waals surface area contributed by atoms with Gasteiger partial charge in [-0.1, -0.05) is 27.2 Å². The van der Waals surface area contributed by atoms with Gasteiger partial charge in [0.15, 0.2) is 0 Å². The molecule has 6 nitrogen and oxygen atoms in total. The van der Waals surface area contributed by atoms with Crippen molar-refractivity contribution in [3.05, 3.63) is 23.8 Å². The molecule has 1 saturated heterocycles.